The van der Waals surface area contributed by atoms with Gasteiger partial charge in [0.1, 0.15) is 5.75 Å². The average molecular weight is 217 g/mol. The molecule has 0 saturated heterocycles. The van der Waals surface area contributed by atoms with Crippen LogP contribution in [-0.4, -0.2) is 17.3 Å². The van der Waals surface area contributed by atoms with Crippen LogP contribution in [0.2, 0.25) is 0 Å². The molecule has 0 amide bonds. The van der Waals surface area contributed by atoms with Gasteiger partial charge in [0.2, 0.25) is 0 Å². The van der Waals surface area contributed by atoms with E-state index in [0.717, 1.165) is 28.3 Å². The van der Waals surface area contributed by atoms with Crippen molar-refractivity contribution in [3.8, 4) is 17.0 Å². The third-order valence-corrected chi connectivity index (χ3v) is 2.73. The Morgan fingerprint density at radius 2 is 2.06 bits per heavy atom. The zero-order chi connectivity index (χ0) is 11.7. The van der Waals surface area contributed by atoms with Crippen molar-refractivity contribution >= 4 is 5.69 Å². The highest BCUT2D eigenvalue weighted by Crippen LogP contribution is 2.32. The van der Waals surface area contributed by atoms with Crippen LogP contribution in [0.25, 0.3) is 11.3 Å². The fraction of sp³-hybridized carbons (Fsp3) is 0.250. The second kappa shape index (κ2) is 3.89. The number of hydrogen-bond donors (Lipinski definition) is 2. The zero-order valence-electron chi connectivity index (χ0n) is 9.66. The third kappa shape index (κ3) is 1.62. The predicted octanol–water partition coefficient (Wildman–Crippen LogP) is 2.28. The maximum Gasteiger partial charge on any atom is 0.128 e. The van der Waals surface area contributed by atoms with E-state index in [9.17, 15) is 0 Å². The summed E-state index contributed by atoms with van der Waals surface area (Å²) in [6.45, 7) is 4.02. The lowest BCUT2D eigenvalue weighted by Gasteiger charge is -2.07. The summed E-state index contributed by atoms with van der Waals surface area (Å²) < 4.78 is 5.31. The van der Waals surface area contributed by atoms with Gasteiger partial charge < -0.3 is 10.5 Å². The number of nitrogens with one attached hydrogen (secondary N) is 1. The molecule has 0 saturated carbocycles. The zero-order valence-corrected chi connectivity index (χ0v) is 9.66. The number of nitrogens with two attached hydrogens (primary N) is 1. The minimum atomic E-state index is 0.704. The van der Waals surface area contributed by atoms with E-state index >= 15 is 0 Å². The first-order valence-corrected chi connectivity index (χ1v) is 5.09. The molecule has 0 radical (unpaired) electrons. The Kier molecular flexibility index (Phi) is 2.56. The van der Waals surface area contributed by atoms with Crippen molar-refractivity contribution in [2.24, 2.45) is 0 Å². The van der Waals surface area contributed by atoms with Gasteiger partial charge in [-0.3, -0.25) is 5.10 Å². The smallest absolute Gasteiger partial charge is 0.128 e. The van der Waals surface area contributed by atoms with Crippen molar-refractivity contribution in [1.82, 2.24) is 10.2 Å². The monoisotopic (exact) mass is 217 g/mol. The van der Waals surface area contributed by atoms with Gasteiger partial charge in [-0.2, -0.15) is 5.10 Å². The summed E-state index contributed by atoms with van der Waals surface area (Å²) in [6, 6.07) is 5.55. The highest BCUT2D eigenvalue weighted by atomic mass is 16.5. The number of aromatic amines is 1. The normalized spacial score (nSPS) is 10.4. The SMILES string of the molecule is COc1ccc(N)cc1-c1n[nH]c(C)c1C. The molecule has 3 N–H and O–H groups in total. The van der Waals surface area contributed by atoms with Crippen LogP contribution in [0.3, 0.4) is 0 Å². The van der Waals surface area contributed by atoms with Crippen molar-refractivity contribution < 1.29 is 4.74 Å². The van der Waals surface area contributed by atoms with E-state index in [1.807, 2.05) is 32.0 Å². The van der Waals surface area contributed by atoms with Crippen LogP contribution < -0.4 is 10.5 Å². The second-order valence-corrected chi connectivity index (χ2v) is 3.78. The summed E-state index contributed by atoms with van der Waals surface area (Å²) in [5, 5.41) is 7.23. The predicted molar refractivity (Wildman–Crippen MR) is 64.5 cm³/mol. The second-order valence-electron chi connectivity index (χ2n) is 3.78. The molecule has 2 rings (SSSR count). The largest absolute Gasteiger partial charge is 0.496 e. The Hall–Kier alpha value is -1.97. The molecular formula is C12H15N3O. The Bertz CT molecular complexity index is 517. The van der Waals surface area contributed by atoms with Gasteiger partial charge in [-0.05, 0) is 37.6 Å². The molecule has 0 bridgehead atoms. The van der Waals surface area contributed by atoms with Gasteiger partial charge in [0, 0.05) is 16.9 Å². The summed E-state index contributed by atoms with van der Waals surface area (Å²) in [6.07, 6.45) is 0. The number of aromatic nitrogens is 2. The Morgan fingerprint density at radius 1 is 1.31 bits per heavy atom. The first-order valence-electron chi connectivity index (χ1n) is 5.09. The number of nitrogen functional groups attached to an aromatic ring is 1. The Labute approximate surface area is 94.4 Å². The molecule has 84 valence electrons. The van der Waals surface area contributed by atoms with Crippen LogP contribution in [0.1, 0.15) is 11.3 Å². The molecule has 0 aliphatic carbocycles. The highest BCUT2D eigenvalue weighted by molar-refractivity contribution is 5.73. The quantitative estimate of drug-likeness (QED) is 0.758. The topological polar surface area (TPSA) is 63.9 Å². The number of rotatable bonds is 2. The molecule has 1 heterocycles. The molecule has 0 aliphatic rings. The molecule has 2 aromatic rings. The number of aryl methyl sites for hydroxylation is 1. The van der Waals surface area contributed by atoms with Crippen LogP contribution in [0.5, 0.6) is 5.75 Å². The lowest BCUT2D eigenvalue weighted by Crippen LogP contribution is -1.92. The van der Waals surface area contributed by atoms with Crippen molar-refractivity contribution in [3.05, 3.63) is 29.5 Å². The first-order chi connectivity index (χ1) is 7.63. The molecule has 16 heavy (non-hydrogen) atoms. The fourth-order valence-corrected chi connectivity index (χ4v) is 1.66. The number of anilines is 1. The molecule has 0 atom stereocenters. The first kappa shape index (κ1) is 10.5. The standard InChI is InChI=1S/C12H15N3O/c1-7-8(2)14-15-12(7)10-6-9(13)4-5-11(10)16-3/h4-6H,13H2,1-3H3,(H,14,15). The van der Waals surface area contributed by atoms with Crippen LogP contribution in [0.15, 0.2) is 18.2 Å². The minimum Gasteiger partial charge on any atom is -0.496 e. The van der Waals surface area contributed by atoms with E-state index in [0.29, 0.717) is 5.69 Å². The highest BCUT2D eigenvalue weighted by Gasteiger charge is 2.13. The number of H-pyrrole nitrogens is 1. The molecule has 4 heteroatoms. The van der Waals surface area contributed by atoms with Crippen LogP contribution >= 0.6 is 0 Å². The molecule has 0 aliphatic heterocycles. The van der Waals surface area contributed by atoms with Crippen LogP contribution in [0.4, 0.5) is 5.69 Å². The van der Waals surface area contributed by atoms with Crippen molar-refractivity contribution in [1.29, 1.82) is 0 Å². The summed E-state index contributed by atoms with van der Waals surface area (Å²) in [4.78, 5) is 0. The Morgan fingerprint density at radius 3 is 2.62 bits per heavy atom. The van der Waals surface area contributed by atoms with E-state index in [-0.39, 0.29) is 0 Å². The van der Waals surface area contributed by atoms with Gasteiger partial charge in [-0.1, -0.05) is 0 Å². The van der Waals surface area contributed by atoms with Crippen molar-refractivity contribution in [2.75, 3.05) is 12.8 Å². The number of methoxy groups -OCH3 is 1. The molecule has 0 spiro atoms. The fourth-order valence-electron chi connectivity index (χ4n) is 1.66. The summed E-state index contributed by atoms with van der Waals surface area (Å²) >= 11 is 0. The lowest BCUT2D eigenvalue weighted by atomic mass is 10.1. The van der Waals surface area contributed by atoms with E-state index in [2.05, 4.69) is 10.2 Å². The van der Waals surface area contributed by atoms with Gasteiger partial charge in [0.05, 0.1) is 12.8 Å². The minimum absolute atomic E-state index is 0.704. The van der Waals surface area contributed by atoms with E-state index in [1.54, 1.807) is 7.11 Å². The van der Waals surface area contributed by atoms with Crippen molar-refractivity contribution in [2.45, 2.75) is 13.8 Å². The van der Waals surface area contributed by atoms with E-state index in [1.165, 1.54) is 0 Å². The van der Waals surface area contributed by atoms with Gasteiger partial charge in [0.25, 0.3) is 0 Å². The number of nitrogens with zero attached hydrogens (tertiary/aromatic N) is 1. The van der Waals surface area contributed by atoms with E-state index < -0.39 is 0 Å². The number of benzene rings is 1. The summed E-state index contributed by atoms with van der Waals surface area (Å²) in [7, 11) is 1.64. The van der Waals surface area contributed by atoms with Crippen LogP contribution in [0, 0.1) is 13.8 Å². The van der Waals surface area contributed by atoms with E-state index in [4.69, 9.17) is 10.5 Å². The molecule has 4 nitrogen and oxygen atoms in total. The molecule has 0 fully saturated rings. The number of hydrogen-bond acceptors (Lipinski definition) is 3. The van der Waals surface area contributed by atoms with Gasteiger partial charge in [-0.15, -0.1) is 0 Å². The lowest BCUT2D eigenvalue weighted by molar-refractivity contribution is 0.416. The summed E-state index contributed by atoms with van der Waals surface area (Å²) in [5.74, 6) is 0.781. The molecule has 1 aromatic heterocycles. The van der Waals surface area contributed by atoms with Gasteiger partial charge >= 0.3 is 0 Å². The molecule has 0 unspecified atom stereocenters. The van der Waals surface area contributed by atoms with Gasteiger partial charge in [-0.25, -0.2) is 0 Å². The third-order valence-electron chi connectivity index (χ3n) is 2.73. The van der Waals surface area contributed by atoms with Crippen LogP contribution in [-0.2, 0) is 0 Å². The van der Waals surface area contributed by atoms with Gasteiger partial charge in [0.15, 0.2) is 0 Å². The molecule has 1 aromatic carbocycles. The van der Waals surface area contributed by atoms with Crippen molar-refractivity contribution in [3.63, 3.8) is 0 Å². The molecular weight excluding hydrogens is 202 g/mol. The Balaban J connectivity index is 2.62. The maximum absolute atomic E-state index is 5.78. The summed E-state index contributed by atoms with van der Waals surface area (Å²) in [5.41, 5.74) is 10.5. The average Bonchev–Trinajstić information content (AvgIpc) is 2.60. The maximum atomic E-state index is 5.78. The number of ether oxygens (including phenoxy) is 1.